The van der Waals surface area contributed by atoms with Gasteiger partial charge in [0, 0.05) is 9.75 Å². The van der Waals surface area contributed by atoms with Crippen molar-refractivity contribution in [1.29, 1.82) is 0 Å². The Labute approximate surface area is 122 Å². The van der Waals surface area contributed by atoms with Crippen LogP contribution in [0.1, 0.15) is 28.3 Å². The largest absolute Gasteiger partial charge is 0.244 e. The molecule has 1 aromatic carbocycles. The number of thiophene rings is 1. The minimum absolute atomic E-state index is 0.316. The van der Waals surface area contributed by atoms with Crippen molar-refractivity contribution in [3.8, 4) is 0 Å². The molecule has 6 heteroatoms. The Morgan fingerprint density at radius 2 is 1.90 bits per heavy atom. The maximum absolute atomic E-state index is 13.8. The molecule has 0 aliphatic rings. The summed E-state index contributed by atoms with van der Waals surface area (Å²) in [7, 11) is -3.86. The molecule has 0 fully saturated rings. The van der Waals surface area contributed by atoms with Crippen LogP contribution >= 0.6 is 11.3 Å². The molecule has 1 aromatic heterocycles. The number of hydrogen-bond acceptors (Lipinski definition) is 3. The van der Waals surface area contributed by atoms with Gasteiger partial charge in [-0.3, -0.25) is 0 Å². The summed E-state index contributed by atoms with van der Waals surface area (Å²) in [6.07, 6.45) is 0. The van der Waals surface area contributed by atoms with Gasteiger partial charge >= 0.3 is 0 Å². The van der Waals surface area contributed by atoms with Crippen LogP contribution in [0.4, 0.5) is 4.39 Å². The van der Waals surface area contributed by atoms with E-state index < -0.39 is 15.8 Å². The Kier molecular flexibility index (Phi) is 4.27. The van der Waals surface area contributed by atoms with Crippen LogP contribution < -0.4 is 4.72 Å². The van der Waals surface area contributed by atoms with Gasteiger partial charge in [0.15, 0.2) is 0 Å². The van der Waals surface area contributed by atoms with Crippen LogP contribution in [0.5, 0.6) is 0 Å². The fourth-order valence-electron chi connectivity index (χ4n) is 1.86. The van der Waals surface area contributed by atoms with E-state index in [0.29, 0.717) is 5.56 Å². The van der Waals surface area contributed by atoms with Crippen LogP contribution in [0.3, 0.4) is 0 Å². The molecule has 0 saturated heterocycles. The average Bonchev–Trinajstić information content (AvgIpc) is 2.74. The van der Waals surface area contributed by atoms with Crippen molar-refractivity contribution in [3.63, 3.8) is 0 Å². The van der Waals surface area contributed by atoms with Crippen molar-refractivity contribution in [2.24, 2.45) is 0 Å². The third-order valence-electron chi connectivity index (χ3n) is 2.90. The molecule has 108 valence electrons. The van der Waals surface area contributed by atoms with Crippen LogP contribution in [-0.4, -0.2) is 8.42 Å². The van der Waals surface area contributed by atoms with Crippen molar-refractivity contribution < 1.29 is 12.8 Å². The van der Waals surface area contributed by atoms with E-state index in [-0.39, 0.29) is 10.9 Å². The topological polar surface area (TPSA) is 46.2 Å². The lowest BCUT2D eigenvalue weighted by Crippen LogP contribution is -2.27. The molecule has 20 heavy (non-hydrogen) atoms. The molecule has 1 unspecified atom stereocenters. The first-order valence-corrected chi connectivity index (χ1v) is 8.44. The predicted molar refractivity (Wildman–Crippen MR) is 78.9 cm³/mol. The number of aryl methyl sites for hydroxylation is 2. The van der Waals surface area contributed by atoms with Gasteiger partial charge in [0.05, 0.1) is 6.04 Å². The van der Waals surface area contributed by atoms with Gasteiger partial charge < -0.3 is 0 Å². The Bertz CT molecular complexity index is 723. The van der Waals surface area contributed by atoms with Gasteiger partial charge in [0.1, 0.15) is 10.7 Å². The summed E-state index contributed by atoms with van der Waals surface area (Å²) < 4.78 is 40.7. The molecule has 0 aliphatic heterocycles. The van der Waals surface area contributed by atoms with E-state index in [1.54, 1.807) is 19.9 Å². The lowest BCUT2D eigenvalue weighted by Gasteiger charge is -2.13. The molecule has 0 amide bonds. The average molecular weight is 313 g/mol. The highest BCUT2D eigenvalue weighted by molar-refractivity contribution is 7.89. The summed E-state index contributed by atoms with van der Waals surface area (Å²) in [6.45, 7) is 5.41. The number of hydrogen-bond donors (Lipinski definition) is 1. The molecular formula is C14H16FNO2S2. The van der Waals surface area contributed by atoms with E-state index in [2.05, 4.69) is 4.72 Å². The predicted octanol–water partition coefficient (Wildman–Crippen LogP) is 3.54. The summed E-state index contributed by atoms with van der Waals surface area (Å²) >= 11 is 1.52. The molecule has 2 aromatic rings. The van der Waals surface area contributed by atoms with Gasteiger partial charge in [-0.05, 0) is 50.6 Å². The van der Waals surface area contributed by atoms with Crippen LogP contribution in [0.25, 0.3) is 0 Å². The van der Waals surface area contributed by atoms with Crippen molar-refractivity contribution in [2.75, 3.05) is 0 Å². The van der Waals surface area contributed by atoms with Gasteiger partial charge in [0.2, 0.25) is 10.0 Å². The first-order valence-electron chi connectivity index (χ1n) is 6.14. The fourth-order valence-corrected chi connectivity index (χ4v) is 4.10. The van der Waals surface area contributed by atoms with E-state index in [1.165, 1.54) is 23.5 Å². The Hall–Kier alpha value is -1.24. The second-order valence-corrected chi connectivity index (χ2v) is 7.73. The van der Waals surface area contributed by atoms with Gasteiger partial charge in [-0.15, -0.1) is 11.3 Å². The maximum Gasteiger partial charge on any atom is 0.244 e. The van der Waals surface area contributed by atoms with Crippen LogP contribution in [0, 0.1) is 19.7 Å². The first kappa shape index (κ1) is 15.2. The van der Waals surface area contributed by atoms with Gasteiger partial charge in [-0.25, -0.2) is 17.5 Å². The van der Waals surface area contributed by atoms with Crippen molar-refractivity contribution in [3.05, 3.63) is 51.5 Å². The number of benzene rings is 1. The maximum atomic E-state index is 13.8. The molecule has 0 bridgehead atoms. The normalized spacial score (nSPS) is 13.4. The first-order chi connectivity index (χ1) is 9.29. The van der Waals surface area contributed by atoms with Gasteiger partial charge in [0.25, 0.3) is 0 Å². The summed E-state index contributed by atoms with van der Waals surface area (Å²) in [5.41, 5.74) is 0.684. The zero-order valence-corrected chi connectivity index (χ0v) is 13.1. The highest BCUT2D eigenvalue weighted by atomic mass is 32.2. The lowest BCUT2D eigenvalue weighted by atomic mass is 10.2. The summed E-state index contributed by atoms with van der Waals surface area (Å²) in [6, 6.07) is 7.50. The molecule has 1 N–H and O–H groups in total. The van der Waals surface area contributed by atoms with E-state index in [1.807, 2.05) is 19.1 Å². The quantitative estimate of drug-likeness (QED) is 0.938. The second kappa shape index (κ2) is 5.63. The molecule has 0 radical (unpaired) electrons. The second-order valence-electron chi connectivity index (χ2n) is 4.73. The highest BCUT2D eigenvalue weighted by Crippen LogP contribution is 2.25. The third-order valence-corrected chi connectivity index (χ3v) is 5.65. The minimum atomic E-state index is -3.86. The van der Waals surface area contributed by atoms with Gasteiger partial charge in [-0.2, -0.15) is 0 Å². The molecule has 0 aliphatic carbocycles. The molecule has 1 atom stereocenters. The fraction of sp³-hybridized carbons (Fsp3) is 0.286. The lowest BCUT2D eigenvalue weighted by molar-refractivity contribution is 0.547. The van der Waals surface area contributed by atoms with Crippen molar-refractivity contribution in [2.45, 2.75) is 31.7 Å². The van der Waals surface area contributed by atoms with Crippen LogP contribution in [0.15, 0.2) is 35.2 Å². The molecule has 3 nitrogen and oxygen atoms in total. The van der Waals surface area contributed by atoms with Crippen molar-refractivity contribution in [1.82, 2.24) is 4.72 Å². The summed E-state index contributed by atoms with van der Waals surface area (Å²) in [4.78, 5) is 1.69. The number of halogens is 1. The van der Waals surface area contributed by atoms with Crippen LogP contribution in [-0.2, 0) is 10.0 Å². The SMILES string of the molecule is Cc1ccc(S(=O)(=O)NC(C)c2ccc(C)s2)c(F)c1. The molecule has 0 saturated carbocycles. The number of nitrogens with one attached hydrogen (secondary N) is 1. The minimum Gasteiger partial charge on any atom is -0.207 e. The molecular weight excluding hydrogens is 297 g/mol. The third kappa shape index (κ3) is 3.26. The zero-order valence-electron chi connectivity index (χ0n) is 11.5. The smallest absolute Gasteiger partial charge is 0.207 e. The van der Waals surface area contributed by atoms with E-state index in [0.717, 1.165) is 9.75 Å². The monoisotopic (exact) mass is 313 g/mol. The van der Waals surface area contributed by atoms with Crippen molar-refractivity contribution >= 4 is 21.4 Å². The summed E-state index contributed by atoms with van der Waals surface area (Å²) in [5, 5.41) is 0. The molecule has 1 heterocycles. The molecule has 2 rings (SSSR count). The number of sulfonamides is 1. The standard InChI is InChI=1S/C14H16FNO2S2/c1-9-4-7-14(12(15)8-9)20(17,18)16-11(3)13-6-5-10(2)19-13/h4-8,11,16H,1-3H3. The number of rotatable bonds is 4. The molecule has 0 spiro atoms. The van der Waals surface area contributed by atoms with Gasteiger partial charge in [-0.1, -0.05) is 6.07 Å². The Balaban J connectivity index is 2.27. The summed E-state index contributed by atoms with van der Waals surface area (Å²) in [5.74, 6) is -0.730. The zero-order chi connectivity index (χ0) is 14.9. The van der Waals surface area contributed by atoms with E-state index in [4.69, 9.17) is 0 Å². The Morgan fingerprint density at radius 1 is 1.20 bits per heavy atom. The highest BCUT2D eigenvalue weighted by Gasteiger charge is 2.22. The Morgan fingerprint density at radius 3 is 2.45 bits per heavy atom. The van der Waals surface area contributed by atoms with E-state index in [9.17, 15) is 12.8 Å². The van der Waals surface area contributed by atoms with Crippen LogP contribution in [0.2, 0.25) is 0 Å². The van der Waals surface area contributed by atoms with E-state index >= 15 is 0 Å².